The average Bonchev–Trinajstić information content (AvgIpc) is 2.78. The summed E-state index contributed by atoms with van der Waals surface area (Å²) in [7, 11) is 0. The summed E-state index contributed by atoms with van der Waals surface area (Å²) in [5.41, 5.74) is 6.35. The van der Waals surface area contributed by atoms with E-state index in [1.54, 1.807) is 6.20 Å². The van der Waals surface area contributed by atoms with Crippen molar-refractivity contribution in [3.63, 3.8) is 0 Å². The molecule has 2 heterocycles. The van der Waals surface area contributed by atoms with Gasteiger partial charge in [0.1, 0.15) is 17.1 Å². The van der Waals surface area contributed by atoms with E-state index in [9.17, 15) is 5.11 Å². The van der Waals surface area contributed by atoms with Gasteiger partial charge in [0.25, 0.3) is 0 Å². The minimum atomic E-state index is -0.296. The van der Waals surface area contributed by atoms with Crippen LogP contribution in [0.1, 0.15) is 18.9 Å². The van der Waals surface area contributed by atoms with Crippen LogP contribution >= 0.6 is 12.2 Å². The second kappa shape index (κ2) is 4.93. The van der Waals surface area contributed by atoms with Crippen LogP contribution in [0.15, 0.2) is 12.5 Å². The molecule has 1 fully saturated rings. The molecule has 0 bridgehead atoms. The van der Waals surface area contributed by atoms with Gasteiger partial charge in [0.15, 0.2) is 0 Å². The number of rotatable bonds is 3. The SMILES string of the molecule is CC(O)C1CCN(c2ncncc2C(N)=S)C1. The van der Waals surface area contributed by atoms with Crippen LogP contribution in [0.5, 0.6) is 0 Å². The van der Waals surface area contributed by atoms with Crippen molar-refractivity contribution in [3.8, 4) is 0 Å². The predicted octanol–water partition coefficient (Wildman–Crippen LogP) is 0.318. The van der Waals surface area contributed by atoms with E-state index in [-0.39, 0.29) is 12.0 Å². The third-order valence-corrected chi connectivity index (χ3v) is 3.38. The Morgan fingerprint density at radius 1 is 1.71 bits per heavy atom. The van der Waals surface area contributed by atoms with Gasteiger partial charge in [0.05, 0.1) is 11.7 Å². The van der Waals surface area contributed by atoms with Crippen LogP contribution in [0.3, 0.4) is 0 Å². The first-order valence-electron chi connectivity index (χ1n) is 5.62. The quantitative estimate of drug-likeness (QED) is 0.755. The van der Waals surface area contributed by atoms with E-state index in [1.807, 2.05) is 6.92 Å². The lowest BCUT2D eigenvalue weighted by Gasteiger charge is -2.20. The highest BCUT2D eigenvalue weighted by Gasteiger charge is 2.28. The largest absolute Gasteiger partial charge is 0.393 e. The number of nitrogens with two attached hydrogens (primary N) is 1. The van der Waals surface area contributed by atoms with Crippen LogP contribution in [-0.4, -0.2) is 39.3 Å². The molecule has 17 heavy (non-hydrogen) atoms. The van der Waals surface area contributed by atoms with Gasteiger partial charge in [-0.1, -0.05) is 12.2 Å². The van der Waals surface area contributed by atoms with Crippen molar-refractivity contribution < 1.29 is 5.11 Å². The molecule has 1 aromatic heterocycles. The topological polar surface area (TPSA) is 75.3 Å². The average molecular weight is 252 g/mol. The summed E-state index contributed by atoms with van der Waals surface area (Å²) >= 11 is 4.99. The molecule has 0 aliphatic carbocycles. The maximum absolute atomic E-state index is 9.59. The Kier molecular flexibility index (Phi) is 3.54. The molecule has 2 atom stereocenters. The lowest BCUT2D eigenvalue weighted by Crippen LogP contribution is -2.27. The van der Waals surface area contributed by atoms with Crippen LogP contribution in [0.4, 0.5) is 5.82 Å². The Morgan fingerprint density at radius 2 is 2.47 bits per heavy atom. The van der Waals surface area contributed by atoms with E-state index >= 15 is 0 Å². The summed E-state index contributed by atoms with van der Waals surface area (Å²) in [5.74, 6) is 1.06. The minimum Gasteiger partial charge on any atom is -0.393 e. The van der Waals surface area contributed by atoms with Crippen LogP contribution in [0.25, 0.3) is 0 Å². The van der Waals surface area contributed by atoms with Crippen molar-refractivity contribution in [2.45, 2.75) is 19.4 Å². The molecular formula is C11H16N4OS. The summed E-state index contributed by atoms with van der Waals surface area (Å²) < 4.78 is 0. The highest BCUT2D eigenvalue weighted by atomic mass is 32.1. The standard InChI is InChI=1S/C11H16N4OS/c1-7(16)8-2-3-15(5-8)11-9(10(12)17)4-13-6-14-11/h4,6-8,16H,2-3,5H2,1H3,(H2,12,17). The molecule has 6 heteroatoms. The van der Waals surface area contributed by atoms with Crippen molar-refractivity contribution in [3.05, 3.63) is 18.1 Å². The first-order valence-corrected chi connectivity index (χ1v) is 6.03. The van der Waals surface area contributed by atoms with E-state index in [0.29, 0.717) is 10.6 Å². The highest BCUT2D eigenvalue weighted by Crippen LogP contribution is 2.26. The van der Waals surface area contributed by atoms with E-state index in [0.717, 1.165) is 25.3 Å². The smallest absolute Gasteiger partial charge is 0.142 e. The van der Waals surface area contributed by atoms with Gasteiger partial charge >= 0.3 is 0 Å². The molecular weight excluding hydrogens is 236 g/mol. The zero-order valence-electron chi connectivity index (χ0n) is 9.71. The zero-order chi connectivity index (χ0) is 12.4. The number of hydrogen-bond donors (Lipinski definition) is 2. The third kappa shape index (κ3) is 2.53. The number of hydrogen-bond acceptors (Lipinski definition) is 5. The van der Waals surface area contributed by atoms with Crippen molar-refractivity contribution >= 4 is 23.0 Å². The van der Waals surface area contributed by atoms with Gasteiger partial charge < -0.3 is 15.7 Å². The number of anilines is 1. The van der Waals surface area contributed by atoms with Gasteiger partial charge in [-0.2, -0.15) is 0 Å². The summed E-state index contributed by atoms with van der Waals surface area (Å²) in [6, 6.07) is 0. The molecule has 1 aromatic rings. The fraction of sp³-hybridized carbons (Fsp3) is 0.545. The second-order valence-electron chi connectivity index (χ2n) is 4.36. The highest BCUT2D eigenvalue weighted by molar-refractivity contribution is 7.80. The van der Waals surface area contributed by atoms with E-state index in [4.69, 9.17) is 18.0 Å². The van der Waals surface area contributed by atoms with Crippen molar-refractivity contribution in [1.82, 2.24) is 9.97 Å². The fourth-order valence-electron chi connectivity index (χ4n) is 2.12. The molecule has 0 radical (unpaired) electrons. The summed E-state index contributed by atoms with van der Waals surface area (Å²) in [4.78, 5) is 10.6. The summed E-state index contributed by atoms with van der Waals surface area (Å²) in [6.07, 6.45) is 3.79. The third-order valence-electron chi connectivity index (χ3n) is 3.16. The van der Waals surface area contributed by atoms with Gasteiger partial charge in [0.2, 0.25) is 0 Å². The Morgan fingerprint density at radius 3 is 3.06 bits per heavy atom. The lowest BCUT2D eigenvalue weighted by molar-refractivity contribution is 0.136. The molecule has 2 rings (SSSR count). The van der Waals surface area contributed by atoms with Crippen molar-refractivity contribution in [1.29, 1.82) is 0 Å². The molecule has 0 spiro atoms. The normalized spacial score (nSPS) is 21.5. The first-order chi connectivity index (χ1) is 8.09. The van der Waals surface area contributed by atoms with Gasteiger partial charge in [-0.15, -0.1) is 0 Å². The first kappa shape index (κ1) is 12.2. The molecule has 1 aliphatic rings. The zero-order valence-corrected chi connectivity index (χ0v) is 10.5. The van der Waals surface area contributed by atoms with Crippen LogP contribution in [0.2, 0.25) is 0 Å². The van der Waals surface area contributed by atoms with Gasteiger partial charge in [0, 0.05) is 25.2 Å². The van der Waals surface area contributed by atoms with Gasteiger partial charge in [-0.25, -0.2) is 9.97 Å². The Hall–Kier alpha value is -1.27. The minimum absolute atomic E-state index is 0.282. The summed E-state index contributed by atoms with van der Waals surface area (Å²) in [5, 5.41) is 9.59. The van der Waals surface area contributed by atoms with Crippen LogP contribution in [-0.2, 0) is 0 Å². The van der Waals surface area contributed by atoms with Gasteiger partial charge in [-0.05, 0) is 13.3 Å². The molecule has 0 saturated carbocycles. The molecule has 5 nitrogen and oxygen atoms in total. The lowest BCUT2D eigenvalue weighted by atomic mass is 10.0. The number of aliphatic hydroxyl groups is 1. The van der Waals surface area contributed by atoms with Crippen LogP contribution < -0.4 is 10.6 Å². The molecule has 3 N–H and O–H groups in total. The van der Waals surface area contributed by atoms with Crippen molar-refractivity contribution in [2.24, 2.45) is 11.7 Å². The number of aromatic nitrogens is 2. The number of thiocarbonyl (C=S) groups is 1. The summed E-state index contributed by atoms with van der Waals surface area (Å²) in [6.45, 7) is 3.47. The Labute approximate surface area is 106 Å². The molecule has 92 valence electrons. The number of nitrogens with zero attached hydrogens (tertiary/aromatic N) is 3. The molecule has 1 aliphatic heterocycles. The predicted molar refractivity (Wildman–Crippen MR) is 69.9 cm³/mol. The van der Waals surface area contributed by atoms with E-state index in [1.165, 1.54) is 6.33 Å². The molecule has 1 saturated heterocycles. The fourth-order valence-corrected chi connectivity index (χ4v) is 2.27. The monoisotopic (exact) mass is 252 g/mol. The molecule has 2 unspecified atom stereocenters. The Balaban J connectivity index is 2.21. The maximum atomic E-state index is 9.59. The molecule has 0 aromatic carbocycles. The van der Waals surface area contributed by atoms with Gasteiger partial charge in [-0.3, -0.25) is 0 Å². The van der Waals surface area contributed by atoms with E-state index < -0.39 is 0 Å². The van der Waals surface area contributed by atoms with E-state index in [2.05, 4.69) is 14.9 Å². The number of aliphatic hydroxyl groups excluding tert-OH is 1. The second-order valence-corrected chi connectivity index (χ2v) is 4.80. The van der Waals surface area contributed by atoms with Crippen LogP contribution in [0, 0.1) is 5.92 Å². The molecule has 0 amide bonds. The maximum Gasteiger partial charge on any atom is 0.142 e. The van der Waals surface area contributed by atoms with Crippen molar-refractivity contribution in [2.75, 3.05) is 18.0 Å². The Bertz CT molecular complexity index is 424.